The third-order valence-corrected chi connectivity index (χ3v) is 1.25. The van der Waals surface area contributed by atoms with Crippen molar-refractivity contribution in [3.8, 4) is 0 Å². The van der Waals surface area contributed by atoms with Gasteiger partial charge in [-0.15, -0.1) is 0 Å². The summed E-state index contributed by atoms with van der Waals surface area (Å²) in [7, 11) is 0. The standard InChI is InChI=1S/C6H12O.C4H8O/c1-3-4-6(2)5-7;1-4(2)3-5/h5-6H,3-4H2,1-2H3;3-4H,1-2H3. The number of rotatable bonds is 4. The van der Waals surface area contributed by atoms with Gasteiger partial charge in [0.25, 0.3) is 0 Å². The Kier molecular flexibility index (Phi) is 12.0. The molecule has 0 saturated heterocycles. The summed E-state index contributed by atoms with van der Waals surface area (Å²) < 4.78 is 0. The van der Waals surface area contributed by atoms with Gasteiger partial charge in [-0.25, -0.2) is 0 Å². The lowest BCUT2D eigenvalue weighted by molar-refractivity contribution is -0.111. The first kappa shape index (κ1) is 13.9. The minimum absolute atomic E-state index is 0.204. The summed E-state index contributed by atoms with van der Waals surface area (Å²) in [5.74, 6) is 0.472. The predicted octanol–water partition coefficient (Wildman–Crippen LogP) is 2.46. The van der Waals surface area contributed by atoms with Crippen LogP contribution < -0.4 is 0 Å². The second kappa shape index (κ2) is 10.3. The van der Waals surface area contributed by atoms with Crippen molar-refractivity contribution in [3.63, 3.8) is 0 Å². The number of carbonyl (C=O) groups excluding carboxylic acids is 2. The van der Waals surface area contributed by atoms with Crippen LogP contribution in [0.5, 0.6) is 0 Å². The van der Waals surface area contributed by atoms with E-state index in [2.05, 4.69) is 6.92 Å². The Balaban J connectivity index is 0. The summed E-state index contributed by atoms with van der Waals surface area (Å²) in [5, 5.41) is 0. The molecule has 72 valence electrons. The zero-order chi connectivity index (χ0) is 9.98. The smallest absolute Gasteiger partial charge is 0.122 e. The maximum atomic E-state index is 9.89. The number of aldehydes is 2. The van der Waals surface area contributed by atoms with Gasteiger partial charge in [-0.05, 0) is 6.42 Å². The molecule has 2 heteroatoms. The molecule has 0 aromatic rings. The molecule has 1 atom stereocenters. The van der Waals surface area contributed by atoms with E-state index in [-0.39, 0.29) is 11.8 Å². The van der Waals surface area contributed by atoms with Crippen molar-refractivity contribution < 1.29 is 9.59 Å². The van der Waals surface area contributed by atoms with Crippen LogP contribution in [0.1, 0.15) is 40.5 Å². The van der Waals surface area contributed by atoms with Crippen molar-refractivity contribution >= 4 is 12.6 Å². The molecule has 0 amide bonds. The lowest BCUT2D eigenvalue weighted by atomic mass is 10.1. The molecule has 0 bridgehead atoms. The summed E-state index contributed by atoms with van der Waals surface area (Å²) >= 11 is 0. The summed E-state index contributed by atoms with van der Waals surface area (Å²) in [6.07, 6.45) is 4.06. The second-order valence-corrected chi connectivity index (χ2v) is 3.28. The van der Waals surface area contributed by atoms with Crippen LogP contribution in [0.3, 0.4) is 0 Å². The molecule has 0 saturated carbocycles. The van der Waals surface area contributed by atoms with E-state index in [1.54, 1.807) is 0 Å². The summed E-state index contributed by atoms with van der Waals surface area (Å²) in [6.45, 7) is 7.73. The van der Waals surface area contributed by atoms with Gasteiger partial charge in [0.15, 0.2) is 0 Å². The lowest BCUT2D eigenvalue weighted by Gasteiger charge is -1.94. The van der Waals surface area contributed by atoms with Crippen LogP contribution in [0.25, 0.3) is 0 Å². The molecular weight excluding hydrogens is 152 g/mol. The fourth-order valence-corrected chi connectivity index (χ4v) is 0.523. The van der Waals surface area contributed by atoms with Gasteiger partial charge < -0.3 is 9.59 Å². The molecule has 0 aliphatic heterocycles. The summed E-state index contributed by atoms with van der Waals surface area (Å²) in [5.41, 5.74) is 0. The van der Waals surface area contributed by atoms with Gasteiger partial charge in [-0.3, -0.25) is 0 Å². The average Bonchev–Trinajstić information content (AvgIpc) is 2.06. The topological polar surface area (TPSA) is 34.1 Å². The monoisotopic (exact) mass is 172 g/mol. The van der Waals surface area contributed by atoms with Crippen LogP contribution in [0, 0.1) is 11.8 Å². The summed E-state index contributed by atoms with van der Waals surface area (Å²) in [6, 6.07) is 0. The van der Waals surface area contributed by atoms with Gasteiger partial charge in [0.2, 0.25) is 0 Å². The number of hydrogen-bond acceptors (Lipinski definition) is 2. The van der Waals surface area contributed by atoms with E-state index in [1.165, 1.54) is 0 Å². The third kappa shape index (κ3) is 16.2. The van der Waals surface area contributed by atoms with Crippen LogP contribution >= 0.6 is 0 Å². The molecule has 12 heavy (non-hydrogen) atoms. The van der Waals surface area contributed by atoms with E-state index in [4.69, 9.17) is 0 Å². The van der Waals surface area contributed by atoms with Crippen LogP contribution in [-0.2, 0) is 9.59 Å². The first-order valence-corrected chi connectivity index (χ1v) is 4.49. The van der Waals surface area contributed by atoms with Crippen molar-refractivity contribution in [2.75, 3.05) is 0 Å². The Labute approximate surface area is 75.4 Å². The molecule has 0 rings (SSSR count). The molecule has 0 radical (unpaired) electrons. The van der Waals surface area contributed by atoms with E-state index in [0.29, 0.717) is 0 Å². The Morgan fingerprint density at radius 3 is 1.58 bits per heavy atom. The van der Waals surface area contributed by atoms with E-state index in [0.717, 1.165) is 25.4 Å². The van der Waals surface area contributed by atoms with Crippen LogP contribution in [-0.4, -0.2) is 12.6 Å². The Hall–Kier alpha value is -0.660. The Bertz CT molecular complexity index is 108. The molecule has 2 nitrogen and oxygen atoms in total. The molecule has 0 spiro atoms. The molecule has 0 aromatic carbocycles. The third-order valence-electron chi connectivity index (χ3n) is 1.25. The van der Waals surface area contributed by atoms with Crippen molar-refractivity contribution in [2.45, 2.75) is 40.5 Å². The zero-order valence-corrected chi connectivity index (χ0v) is 8.54. The lowest BCUT2D eigenvalue weighted by Crippen LogP contribution is -1.92. The SMILES string of the molecule is CC(C)C=O.CCCC(C)C=O. The predicted molar refractivity (Wildman–Crippen MR) is 51.0 cm³/mol. The highest BCUT2D eigenvalue weighted by Crippen LogP contribution is 1.98. The second-order valence-electron chi connectivity index (χ2n) is 3.28. The van der Waals surface area contributed by atoms with E-state index in [1.807, 2.05) is 20.8 Å². The maximum Gasteiger partial charge on any atom is 0.122 e. The first-order valence-electron chi connectivity index (χ1n) is 4.49. The largest absolute Gasteiger partial charge is 0.303 e. The van der Waals surface area contributed by atoms with Gasteiger partial charge in [0, 0.05) is 11.8 Å². The van der Waals surface area contributed by atoms with Crippen molar-refractivity contribution in [2.24, 2.45) is 11.8 Å². The molecule has 0 fully saturated rings. The molecule has 0 aliphatic rings. The highest BCUT2D eigenvalue weighted by molar-refractivity contribution is 5.52. The van der Waals surface area contributed by atoms with E-state index in [9.17, 15) is 9.59 Å². The molecule has 0 heterocycles. The Morgan fingerprint density at radius 1 is 1.08 bits per heavy atom. The highest BCUT2D eigenvalue weighted by Gasteiger charge is 1.93. The van der Waals surface area contributed by atoms with Crippen molar-refractivity contribution in [3.05, 3.63) is 0 Å². The maximum absolute atomic E-state index is 9.89. The first-order chi connectivity index (χ1) is 5.58. The number of carbonyl (C=O) groups is 2. The highest BCUT2D eigenvalue weighted by atomic mass is 16.1. The van der Waals surface area contributed by atoms with Gasteiger partial charge >= 0.3 is 0 Å². The van der Waals surface area contributed by atoms with Crippen LogP contribution in [0.2, 0.25) is 0 Å². The van der Waals surface area contributed by atoms with Gasteiger partial charge in [-0.1, -0.05) is 34.1 Å². The molecule has 0 N–H and O–H groups in total. The van der Waals surface area contributed by atoms with E-state index < -0.39 is 0 Å². The van der Waals surface area contributed by atoms with Crippen LogP contribution in [0.4, 0.5) is 0 Å². The average molecular weight is 172 g/mol. The minimum atomic E-state index is 0.204. The van der Waals surface area contributed by atoms with Gasteiger partial charge in [0.1, 0.15) is 12.6 Å². The zero-order valence-electron chi connectivity index (χ0n) is 8.54. The minimum Gasteiger partial charge on any atom is -0.303 e. The fraction of sp³-hybridized carbons (Fsp3) is 0.800. The molecule has 0 aliphatic carbocycles. The van der Waals surface area contributed by atoms with Gasteiger partial charge in [-0.2, -0.15) is 0 Å². The molecule has 1 unspecified atom stereocenters. The van der Waals surface area contributed by atoms with E-state index >= 15 is 0 Å². The number of hydrogen-bond donors (Lipinski definition) is 0. The van der Waals surface area contributed by atoms with Crippen LogP contribution in [0.15, 0.2) is 0 Å². The molecular formula is C10H20O2. The van der Waals surface area contributed by atoms with Crippen molar-refractivity contribution in [1.82, 2.24) is 0 Å². The quantitative estimate of drug-likeness (QED) is 0.610. The normalized spacial score (nSPS) is 11.4. The summed E-state index contributed by atoms with van der Waals surface area (Å²) in [4.78, 5) is 19.4. The van der Waals surface area contributed by atoms with Crippen molar-refractivity contribution in [1.29, 1.82) is 0 Å². The Morgan fingerprint density at radius 2 is 1.50 bits per heavy atom. The fourth-order valence-electron chi connectivity index (χ4n) is 0.523. The molecule has 0 aromatic heterocycles. The van der Waals surface area contributed by atoms with Gasteiger partial charge in [0.05, 0.1) is 0 Å².